The second-order valence-corrected chi connectivity index (χ2v) is 4.36. The molecule has 0 aliphatic carbocycles. The summed E-state index contributed by atoms with van der Waals surface area (Å²) in [6.45, 7) is 2.90. The van der Waals surface area contributed by atoms with Crippen molar-refractivity contribution in [3.63, 3.8) is 0 Å². The second-order valence-electron chi connectivity index (χ2n) is 4.36. The van der Waals surface area contributed by atoms with Crippen LogP contribution in [0, 0.1) is 0 Å². The number of hydrogen-bond acceptors (Lipinski definition) is 3. The Morgan fingerprint density at radius 2 is 2.11 bits per heavy atom. The molecule has 5 nitrogen and oxygen atoms in total. The van der Waals surface area contributed by atoms with Gasteiger partial charge < -0.3 is 11.1 Å². The highest BCUT2D eigenvalue weighted by molar-refractivity contribution is 6.05. The number of benzene rings is 1. The lowest BCUT2D eigenvalue weighted by atomic mass is 10.0. The van der Waals surface area contributed by atoms with Crippen LogP contribution in [-0.2, 0) is 4.79 Å². The zero-order valence-electron chi connectivity index (χ0n) is 11.0. The molecule has 1 aliphatic rings. The van der Waals surface area contributed by atoms with Crippen LogP contribution in [0.3, 0.4) is 0 Å². The van der Waals surface area contributed by atoms with Gasteiger partial charge in [0.25, 0.3) is 0 Å². The van der Waals surface area contributed by atoms with Gasteiger partial charge in [-0.05, 0) is 31.0 Å². The molecule has 0 bridgehead atoms. The standard InChI is InChI=1S/C14H18N4O/c1-2-16-14(15)18-11-5-3-10(4-6-11)13-8-7-12(19)9-17-13/h3-6H,2,7-9H2,1H3,(H3,15,16,18). The minimum atomic E-state index is 0.214. The molecule has 1 aromatic carbocycles. The molecule has 0 aromatic heterocycles. The van der Waals surface area contributed by atoms with Gasteiger partial charge in [-0.15, -0.1) is 0 Å². The maximum atomic E-state index is 11.1. The number of ketones is 1. The van der Waals surface area contributed by atoms with Crippen molar-refractivity contribution in [2.24, 2.45) is 15.7 Å². The van der Waals surface area contributed by atoms with Gasteiger partial charge in [0.15, 0.2) is 11.7 Å². The molecule has 1 aliphatic heterocycles. The Morgan fingerprint density at radius 3 is 2.68 bits per heavy atom. The summed E-state index contributed by atoms with van der Waals surface area (Å²) in [6.07, 6.45) is 1.32. The van der Waals surface area contributed by atoms with Crippen LogP contribution in [0.4, 0.5) is 5.69 Å². The molecular formula is C14H18N4O. The fraction of sp³-hybridized carbons (Fsp3) is 0.357. The molecule has 2 rings (SSSR count). The number of nitrogens with zero attached hydrogens (tertiary/aromatic N) is 2. The minimum Gasteiger partial charge on any atom is -0.370 e. The third-order valence-corrected chi connectivity index (χ3v) is 2.91. The van der Waals surface area contributed by atoms with Crippen molar-refractivity contribution >= 4 is 23.1 Å². The number of rotatable bonds is 3. The Morgan fingerprint density at radius 1 is 1.37 bits per heavy atom. The summed E-state index contributed by atoms with van der Waals surface area (Å²) in [5, 5.41) is 3.01. The Hall–Kier alpha value is -2.17. The smallest absolute Gasteiger partial charge is 0.193 e. The first-order valence-electron chi connectivity index (χ1n) is 6.41. The van der Waals surface area contributed by atoms with Crippen molar-refractivity contribution in [1.29, 1.82) is 0 Å². The molecule has 0 saturated heterocycles. The molecular weight excluding hydrogens is 240 g/mol. The van der Waals surface area contributed by atoms with E-state index in [-0.39, 0.29) is 5.78 Å². The number of anilines is 1. The molecule has 3 N–H and O–H groups in total. The number of hydrogen-bond donors (Lipinski definition) is 2. The first-order chi connectivity index (χ1) is 9.19. The van der Waals surface area contributed by atoms with E-state index in [0.29, 0.717) is 25.5 Å². The molecule has 0 saturated carbocycles. The van der Waals surface area contributed by atoms with Crippen LogP contribution in [-0.4, -0.2) is 30.5 Å². The lowest BCUT2D eigenvalue weighted by Gasteiger charge is -2.12. The topological polar surface area (TPSA) is 79.8 Å². The molecule has 100 valence electrons. The predicted octanol–water partition coefficient (Wildman–Crippen LogP) is 1.59. The average molecular weight is 258 g/mol. The largest absolute Gasteiger partial charge is 0.370 e. The van der Waals surface area contributed by atoms with Crippen LogP contribution in [0.2, 0.25) is 0 Å². The van der Waals surface area contributed by atoms with Gasteiger partial charge in [-0.2, -0.15) is 0 Å². The number of nitrogens with one attached hydrogen (secondary N) is 1. The minimum absolute atomic E-state index is 0.214. The van der Waals surface area contributed by atoms with Crippen molar-refractivity contribution < 1.29 is 4.79 Å². The number of aliphatic imine (C=N–C) groups is 2. The van der Waals surface area contributed by atoms with E-state index in [1.54, 1.807) is 0 Å². The molecule has 0 unspecified atom stereocenters. The molecule has 0 radical (unpaired) electrons. The Balaban J connectivity index is 2.06. The number of carbonyl (C=O) groups excluding carboxylic acids is 1. The van der Waals surface area contributed by atoms with Gasteiger partial charge in [0.2, 0.25) is 0 Å². The number of Topliss-reactive ketones (excluding diaryl/α,β-unsaturated/α-hetero) is 1. The summed E-state index contributed by atoms with van der Waals surface area (Å²) >= 11 is 0. The van der Waals surface area contributed by atoms with E-state index in [9.17, 15) is 4.79 Å². The molecule has 1 heterocycles. The van der Waals surface area contributed by atoms with Crippen LogP contribution in [0.5, 0.6) is 0 Å². The molecule has 0 spiro atoms. The quantitative estimate of drug-likeness (QED) is 0.638. The van der Waals surface area contributed by atoms with Crippen LogP contribution in [0.15, 0.2) is 34.3 Å². The molecule has 0 amide bonds. The Kier molecular flexibility index (Phi) is 4.28. The van der Waals surface area contributed by atoms with Gasteiger partial charge >= 0.3 is 0 Å². The maximum Gasteiger partial charge on any atom is 0.193 e. The third kappa shape index (κ3) is 3.64. The van der Waals surface area contributed by atoms with Gasteiger partial charge in [0.1, 0.15) is 0 Å². The van der Waals surface area contributed by atoms with Crippen LogP contribution in [0.25, 0.3) is 0 Å². The van der Waals surface area contributed by atoms with E-state index >= 15 is 0 Å². The molecule has 19 heavy (non-hydrogen) atoms. The molecule has 5 heteroatoms. The zero-order valence-corrected chi connectivity index (χ0v) is 11.0. The second kappa shape index (κ2) is 6.13. The highest BCUT2D eigenvalue weighted by Crippen LogP contribution is 2.15. The van der Waals surface area contributed by atoms with Crippen LogP contribution in [0.1, 0.15) is 25.3 Å². The monoisotopic (exact) mass is 258 g/mol. The maximum absolute atomic E-state index is 11.1. The lowest BCUT2D eigenvalue weighted by Crippen LogP contribution is -2.22. The van der Waals surface area contributed by atoms with Crippen molar-refractivity contribution in [2.45, 2.75) is 19.8 Å². The molecule has 0 fully saturated rings. The van der Waals surface area contributed by atoms with Crippen molar-refractivity contribution in [1.82, 2.24) is 0 Å². The highest BCUT2D eigenvalue weighted by atomic mass is 16.1. The van der Waals surface area contributed by atoms with E-state index in [4.69, 9.17) is 5.73 Å². The van der Waals surface area contributed by atoms with Gasteiger partial charge in [0, 0.05) is 24.4 Å². The fourth-order valence-electron chi connectivity index (χ4n) is 1.94. The van der Waals surface area contributed by atoms with E-state index in [1.807, 2.05) is 31.2 Å². The van der Waals surface area contributed by atoms with Gasteiger partial charge in [-0.3, -0.25) is 14.8 Å². The van der Waals surface area contributed by atoms with Gasteiger partial charge in [-0.25, -0.2) is 0 Å². The SMILES string of the molecule is CCN=C(N)Nc1ccc(C2=NCC(=O)CC2)cc1. The summed E-state index contributed by atoms with van der Waals surface area (Å²) in [6, 6.07) is 7.84. The first-order valence-corrected chi connectivity index (χ1v) is 6.41. The summed E-state index contributed by atoms with van der Waals surface area (Å²) in [5.41, 5.74) is 8.64. The Labute approximate surface area is 112 Å². The zero-order chi connectivity index (χ0) is 13.7. The fourth-order valence-corrected chi connectivity index (χ4v) is 1.94. The first kappa shape index (κ1) is 13.3. The van der Waals surface area contributed by atoms with E-state index < -0.39 is 0 Å². The van der Waals surface area contributed by atoms with Crippen molar-refractivity contribution in [3.05, 3.63) is 29.8 Å². The van der Waals surface area contributed by atoms with E-state index in [0.717, 1.165) is 23.4 Å². The highest BCUT2D eigenvalue weighted by Gasteiger charge is 2.12. The third-order valence-electron chi connectivity index (χ3n) is 2.91. The summed E-state index contributed by atoms with van der Waals surface area (Å²) in [4.78, 5) is 19.5. The summed E-state index contributed by atoms with van der Waals surface area (Å²) in [7, 11) is 0. The summed E-state index contributed by atoms with van der Waals surface area (Å²) in [5.74, 6) is 0.626. The average Bonchev–Trinajstić information content (AvgIpc) is 2.41. The molecule has 0 atom stereocenters. The van der Waals surface area contributed by atoms with Crippen LogP contribution >= 0.6 is 0 Å². The van der Waals surface area contributed by atoms with Crippen molar-refractivity contribution in [3.8, 4) is 0 Å². The van der Waals surface area contributed by atoms with E-state index in [2.05, 4.69) is 15.3 Å². The number of nitrogens with two attached hydrogens (primary N) is 1. The number of carbonyl (C=O) groups is 1. The summed E-state index contributed by atoms with van der Waals surface area (Å²) < 4.78 is 0. The van der Waals surface area contributed by atoms with Gasteiger partial charge in [-0.1, -0.05) is 12.1 Å². The number of guanidine groups is 1. The van der Waals surface area contributed by atoms with E-state index in [1.165, 1.54) is 0 Å². The van der Waals surface area contributed by atoms with Crippen molar-refractivity contribution in [2.75, 3.05) is 18.4 Å². The molecule has 1 aromatic rings. The Bertz CT molecular complexity index is 517. The normalized spacial score (nSPS) is 16.2. The predicted molar refractivity (Wildman–Crippen MR) is 77.9 cm³/mol. The lowest BCUT2D eigenvalue weighted by molar-refractivity contribution is -0.117. The van der Waals surface area contributed by atoms with Crippen LogP contribution < -0.4 is 11.1 Å². The van der Waals surface area contributed by atoms with Gasteiger partial charge in [0.05, 0.1) is 6.54 Å².